The summed E-state index contributed by atoms with van der Waals surface area (Å²) in [4.78, 5) is -0.0918. The van der Waals surface area contributed by atoms with Crippen LogP contribution in [0, 0.1) is 5.92 Å². The van der Waals surface area contributed by atoms with Crippen LogP contribution < -0.4 is 10.5 Å². The fourth-order valence-corrected chi connectivity index (χ4v) is 5.45. The Hall–Kier alpha value is -0.830. The molecule has 1 unspecified atom stereocenters. The summed E-state index contributed by atoms with van der Waals surface area (Å²) < 4.78 is 49.3. The fourth-order valence-electron chi connectivity index (χ4n) is 2.08. The second-order valence-corrected chi connectivity index (χ2v) is 9.20. The molecular formula is C11H15ClN2O4S2. The zero-order valence-corrected chi connectivity index (χ0v) is 12.9. The van der Waals surface area contributed by atoms with Crippen molar-refractivity contribution in [2.24, 2.45) is 5.92 Å². The molecule has 20 heavy (non-hydrogen) atoms. The number of halogens is 1. The Morgan fingerprint density at radius 1 is 1.40 bits per heavy atom. The second-order valence-electron chi connectivity index (χ2n) is 4.80. The number of nitrogens with two attached hydrogens (primary N) is 1. The zero-order valence-electron chi connectivity index (χ0n) is 10.5. The summed E-state index contributed by atoms with van der Waals surface area (Å²) in [5, 5.41) is 0.267. The monoisotopic (exact) mass is 338 g/mol. The highest BCUT2D eigenvalue weighted by Gasteiger charge is 2.29. The number of sulfonamides is 1. The maximum Gasteiger partial charge on any atom is 0.242 e. The third-order valence-electron chi connectivity index (χ3n) is 3.15. The van der Waals surface area contributed by atoms with Crippen molar-refractivity contribution in [3.05, 3.63) is 23.2 Å². The van der Waals surface area contributed by atoms with Gasteiger partial charge in [0.15, 0.2) is 9.84 Å². The Labute approximate surface area is 123 Å². The van der Waals surface area contributed by atoms with Gasteiger partial charge < -0.3 is 5.73 Å². The van der Waals surface area contributed by atoms with E-state index < -0.39 is 19.9 Å². The highest BCUT2D eigenvalue weighted by molar-refractivity contribution is 7.91. The van der Waals surface area contributed by atoms with Crippen molar-refractivity contribution >= 4 is 37.1 Å². The van der Waals surface area contributed by atoms with Crippen LogP contribution >= 0.6 is 11.6 Å². The molecule has 0 bridgehead atoms. The first-order valence-corrected chi connectivity index (χ1v) is 9.63. The molecule has 112 valence electrons. The molecule has 9 heteroatoms. The number of anilines is 1. The molecule has 3 N–H and O–H groups in total. The van der Waals surface area contributed by atoms with Crippen molar-refractivity contribution in [3.8, 4) is 0 Å². The van der Waals surface area contributed by atoms with Crippen molar-refractivity contribution in [1.29, 1.82) is 0 Å². The molecule has 1 aliphatic heterocycles. The van der Waals surface area contributed by atoms with Gasteiger partial charge in [0.2, 0.25) is 10.0 Å². The molecule has 0 spiro atoms. The summed E-state index contributed by atoms with van der Waals surface area (Å²) in [6.45, 7) is 0.0769. The van der Waals surface area contributed by atoms with Crippen LogP contribution in [0.1, 0.15) is 6.42 Å². The van der Waals surface area contributed by atoms with Gasteiger partial charge >= 0.3 is 0 Å². The van der Waals surface area contributed by atoms with E-state index in [1.54, 1.807) is 0 Å². The predicted molar refractivity (Wildman–Crippen MR) is 77.8 cm³/mol. The van der Waals surface area contributed by atoms with Crippen LogP contribution in [0.25, 0.3) is 0 Å². The number of hydrogen-bond acceptors (Lipinski definition) is 5. The molecule has 0 aromatic heterocycles. The highest BCUT2D eigenvalue weighted by Crippen LogP contribution is 2.23. The van der Waals surface area contributed by atoms with Gasteiger partial charge in [0.05, 0.1) is 17.2 Å². The molecule has 0 radical (unpaired) electrons. The van der Waals surface area contributed by atoms with Gasteiger partial charge in [-0.3, -0.25) is 0 Å². The van der Waals surface area contributed by atoms with Gasteiger partial charge in [-0.1, -0.05) is 11.6 Å². The molecule has 0 saturated carbocycles. The molecule has 0 aliphatic carbocycles. The lowest BCUT2D eigenvalue weighted by Gasteiger charge is -2.12. The molecule has 1 aliphatic rings. The maximum absolute atomic E-state index is 12.1. The third-order valence-corrected chi connectivity index (χ3v) is 6.71. The number of sulfone groups is 1. The van der Waals surface area contributed by atoms with Gasteiger partial charge in [0.1, 0.15) is 4.90 Å². The number of nitrogen functional groups attached to an aromatic ring is 1. The van der Waals surface area contributed by atoms with Crippen LogP contribution in [0.15, 0.2) is 23.1 Å². The minimum atomic E-state index is -3.79. The standard InChI is InChI=1S/C11H15ClN2O4S2/c12-9-1-2-10(13)11(5-9)20(17,18)14-6-8-3-4-19(15,16)7-8/h1-2,5,8,14H,3-4,6-7,13H2. The summed E-state index contributed by atoms with van der Waals surface area (Å²) in [6, 6.07) is 4.18. The SMILES string of the molecule is Nc1ccc(Cl)cc1S(=O)(=O)NCC1CCS(=O)(=O)C1. The van der Waals surface area contributed by atoms with Crippen LogP contribution in [0.2, 0.25) is 5.02 Å². The normalized spacial score (nSPS) is 21.9. The minimum Gasteiger partial charge on any atom is -0.398 e. The Morgan fingerprint density at radius 3 is 2.70 bits per heavy atom. The molecule has 1 atom stereocenters. The average Bonchev–Trinajstić information content (AvgIpc) is 2.70. The van der Waals surface area contributed by atoms with Gasteiger partial charge in [-0.2, -0.15) is 0 Å². The molecule has 1 aromatic rings. The van der Waals surface area contributed by atoms with Gasteiger partial charge in [-0.05, 0) is 30.5 Å². The zero-order chi connectivity index (χ0) is 15.0. The van der Waals surface area contributed by atoms with Crippen LogP contribution in [-0.4, -0.2) is 34.9 Å². The topological polar surface area (TPSA) is 106 Å². The van der Waals surface area contributed by atoms with Crippen molar-refractivity contribution in [2.45, 2.75) is 11.3 Å². The van der Waals surface area contributed by atoms with Crippen LogP contribution in [-0.2, 0) is 19.9 Å². The first-order chi connectivity index (χ1) is 9.20. The Balaban J connectivity index is 2.10. The van der Waals surface area contributed by atoms with Gasteiger partial charge in [-0.15, -0.1) is 0 Å². The summed E-state index contributed by atoms with van der Waals surface area (Å²) >= 11 is 5.76. The van der Waals surface area contributed by atoms with Crippen molar-refractivity contribution in [3.63, 3.8) is 0 Å². The van der Waals surface area contributed by atoms with E-state index in [1.807, 2.05) is 0 Å². The Morgan fingerprint density at radius 2 is 2.10 bits per heavy atom. The van der Waals surface area contributed by atoms with E-state index in [0.717, 1.165) is 0 Å². The van der Waals surface area contributed by atoms with Crippen molar-refractivity contribution in [1.82, 2.24) is 4.72 Å². The number of nitrogens with one attached hydrogen (secondary N) is 1. The molecule has 1 saturated heterocycles. The van der Waals surface area contributed by atoms with Crippen LogP contribution in [0.3, 0.4) is 0 Å². The lowest BCUT2D eigenvalue weighted by Crippen LogP contribution is -2.30. The summed E-state index contributed by atoms with van der Waals surface area (Å²) in [5.74, 6) is -0.0747. The number of benzene rings is 1. The summed E-state index contributed by atoms with van der Waals surface area (Å²) in [5.41, 5.74) is 5.73. The van der Waals surface area contributed by atoms with E-state index in [1.165, 1.54) is 18.2 Å². The smallest absolute Gasteiger partial charge is 0.242 e. The predicted octanol–water partition coefficient (Wildman–Crippen LogP) is 0.635. The van der Waals surface area contributed by atoms with E-state index in [-0.39, 0.29) is 39.6 Å². The third kappa shape index (κ3) is 3.63. The first kappa shape index (κ1) is 15.6. The quantitative estimate of drug-likeness (QED) is 0.783. The van der Waals surface area contributed by atoms with E-state index in [2.05, 4.69) is 4.72 Å². The fraction of sp³-hybridized carbons (Fsp3) is 0.455. The summed E-state index contributed by atoms with van der Waals surface area (Å²) in [6.07, 6.45) is 0.468. The van der Waals surface area contributed by atoms with E-state index in [4.69, 9.17) is 17.3 Å². The highest BCUT2D eigenvalue weighted by atomic mass is 35.5. The largest absolute Gasteiger partial charge is 0.398 e. The minimum absolute atomic E-state index is 0.0144. The molecule has 0 amide bonds. The molecule has 1 fully saturated rings. The molecule has 1 heterocycles. The average molecular weight is 339 g/mol. The summed E-state index contributed by atoms with van der Waals surface area (Å²) in [7, 11) is -6.82. The van der Waals surface area contributed by atoms with Crippen molar-refractivity contribution < 1.29 is 16.8 Å². The van der Waals surface area contributed by atoms with Crippen LogP contribution in [0.4, 0.5) is 5.69 Å². The Kier molecular flexibility index (Phi) is 4.29. The second kappa shape index (κ2) is 5.51. The molecule has 1 aromatic carbocycles. The van der Waals surface area contributed by atoms with Crippen LogP contribution in [0.5, 0.6) is 0 Å². The first-order valence-electron chi connectivity index (χ1n) is 5.95. The molecule has 6 nitrogen and oxygen atoms in total. The van der Waals surface area contributed by atoms with Gasteiger partial charge in [-0.25, -0.2) is 21.6 Å². The number of rotatable bonds is 4. The number of hydrogen-bond donors (Lipinski definition) is 2. The molecular weight excluding hydrogens is 324 g/mol. The van der Waals surface area contributed by atoms with E-state index in [9.17, 15) is 16.8 Å². The van der Waals surface area contributed by atoms with E-state index >= 15 is 0 Å². The Bertz CT molecular complexity index is 716. The lowest BCUT2D eigenvalue weighted by molar-refractivity contribution is 0.543. The van der Waals surface area contributed by atoms with Gasteiger partial charge in [0, 0.05) is 11.6 Å². The maximum atomic E-state index is 12.1. The van der Waals surface area contributed by atoms with Crippen molar-refractivity contribution in [2.75, 3.05) is 23.8 Å². The lowest BCUT2D eigenvalue weighted by atomic mass is 10.1. The van der Waals surface area contributed by atoms with Gasteiger partial charge in [0.25, 0.3) is 0 Å². The molecule has 2 rings (SSSR count). The van der Waals surface area contributed by atoms with E-state index in [0.29, 0.717) is 6.42 Å².